The minimum atomic E-state index is -0.0911. The Labute approximate surface area is 165 Å². The Morgan fingerprint density at radius 3 is 2.50 bits per heavy atom. The number of fused-ring (bicyclic) bond motifs is 1. The molecule has 1 saturated heterocycles. The van der Waals surface area contributed by atoms with Gasteiger partial charge in [-0.15, -0.1) is 0 Å². The summed E-state index contributed by atoms with van der Waals surface area (Å²) < 4.78 is 0. The maximum absolute atomic E-state index is 13.3. The summed E-state index contributed by atoms with van der Waals surface area (Å²) in [5.41, 5.74) is 2.57. The van der Waals surface area contributed by atoms with Crippen molar-refractivity contribution in [3.05, 3.63) is 47.4 Å². The normalized spacial score (nSPS) is 19.0. The van der Waals surface area contributed by atoms with Crippen LogP contribution in [-0.2, 0) is 11.2 Å². The first kappa shape index (κ1) is 18.4. The van der Waals surface area contributed by atoms with E-state index in [9.17, 15) is 9.59 Å². The largest absolute Gasteiger partial charge is 0.353 e. The van der Waals surface area contributed by atoms with Gasteiger partial charge in [0.15, 0.2) is 0 Å². The summed E-state index contributed by atoms with van der Waals surface area (Å²) in [5, 5.41) is 0. The average molecular weight is 379 g/mol. The van der Waals surface area contributed by atoms with Crippen molar-refractivity contribution in [3.63, 3.8) is 0 Å². The Bertz CT molecular complexity index is 921. The van der Waals surface area contributed by atoms with Gasteiger partial charge in [-0.2, -0.15) is 0 Å². The van der Waals surface area contributed by atoms with Crippen molar-refractivity contribution in [2.75, 3.05) is 36.0 Å². The molecule has 1 fully saturated rings. The molecular formula is C21H25N5O2. The topological polar surface area (TPSA) is 69.6 Å². The number of rotatable bonds is 2. The van der Waals surface area contributed by atoms with Crippen LogP contribution in [0.3, 0.4) is 0 Å². The van der Waals surface area contributed by atoms with Crippen molar-refractivity contribution < 1.29 is 9.59 Å². The highest BCUT2D eigenvalue weighted by Gasteiger charge is 2.32. The standard InChI is InChI=1S/C21H25N5O2/c1-14-12-17-6-4-5-7-19(17)26(14)21(28)18-13-20(23-15(2)22-18)25-10-8-24(9-11-25)16(3)27/h4-7,13-14H,8-12H2,1-3H3. The monoisotopic (exact) mass is 379 g/mol. The van der Waals surface area contributed by atoms with Gasteiger partial charge in [-0.3, -0.25) is 9.59 Å². The number of nitrogens with zero attached hydrogens (tertiary/aromatic N) is 5. The highest BCUT2D eigenvalue weighted by molar-refractivity contribution is 6.06. The third-order valence-corrected chi connectivity index (χ3v) is 5.52. The van der Waals surface area contributed by atoms with Crippen LogP contribution in [0.1, 0.15) is 35.7 Å². The second kappa shape index (κ2) is 7.22. The lowest BCUT2D eigenvalue weighted by Gasteiger charge is -2.35. The van der Waals surface area contributed by atoms with Crippen LogP contribution < -0.4 is 9.80 Å². The smallest absolute Gasteiger partial charge is 0.277 e. The number of carbonyl (C=O) groups excluding carboxylic acids is 2. The van der Waals surface area contributed by atoms with Gasteiger partial charge in [-0.05, 0) is 31.9 Å². The molecule has 28 heavy (non-hydrogen) atoms. The first-order valence-electron chi connectivity index (χ1n) is 9.71. The summed E-state index contributed by atoms with van der Waals surface area (Å²) in [6.07, 6.45) is 0.853. The van der Waals surface area contributed by atoms with Gasteiger partial charge < -0.3 is 14.7 Å². The maximum Gasteiger partial charge on any atom is 0.277 e. The highest BCUT2D eigenvalue weighted by atomic mass is 16.2. The van der Waals surface area contributed by atoms with Gasteiger partial charge >= 0.3 is 0 Å². The Hall–Kier alpha value is -2.96. The fourth-order valence-electron chi connectivity index (χ4n) is 4.07. The molecule has 0 saturated carbocycles. The second-order valence-electron chi connectivity index (χ2n) is 7.51. The van der Waals surface area contributed by atoms with E-state index in [1.165, 1.54) is 5.56 Å². The van der Waals surface area contributed by atoms with Gasteiger partial charge in [0, 0.05) is 50.9 Å². The summed E-state index contributed by atoms with van der Waals surface area (Å²) in [6.45, 7) is 8.20. The van der Waals surface area contributed by atoms with Crippen LogP contribution in [0.25, 0.3) is 0 Å². The Morgan fingerprint density at radius 1 is 1.07 bits per heavy atom. The molecule has 1 aromatic carbocycles. The number of carbonyl (C=O) groups is 2. The summed E-state index contributed by atoms with van der Waals surface area (Å²) in [6, 6.07) is 9.92. The van der Waals surface area contributed by atoms with Gasteiger partial charge in [0.05, 0.1) is 0 Å². The van der Waals surface area contributed by atoms with E-state index in [-0.39, 0.29) is 17.9 Å². The van der Waals surface area contributed by atoms with E-state index in [2.05, 4.69) is 27.9 Å². The van der Waals surface area contributed by atoms with Crippen LogP contribution in [0.2, 0.25) is 0 Å². The number of hydrogen-bond acceptors (Lipinski definition) is 5. The first-order valence-corrected chi connectivity index (χ1v) is 9.71. The number of hydrogen-bond donors (Lipinski definition) is 0. The number of amides is 2. The second-order valence-corrected chi connectivity index (χ2v) is 7.51. The maximum atomic E-state index is 13.3. The number of para-hydroxylation sites is 1. The van der Waals surface area contributed by atoms with Crippen molar-refractivity contribution in [2.45, 2.75) is 33.2 Å². The van der Waals surface area contributed by atoms with Crippen molar-refractivity contribution in [1.82, 2.24) is 14.9 Å². The van der Waals surface area contributed by atoms with Crippen LogP contribution >= 0.6 is 0 Å². The Kier molecular flexibility index (Phi) is 4.75. The van der Waals surface area contributed by atoms with E-state index in [1.54, 1.807) is 13.0 Å². The van der Waals surface area contributed by atoms with E-state index in [0.29, 0.717) is 37.7 Å². The number of aryl methyl sites for hydroxylation is 1. The predicted octanol–water partition coefficient (Wildman–Crippen LogP) is 2.04. The zero-order chi connectivity index (χ0) is 19.8. The third kappa shape index (κ3) is 3.32. The molecule has 2 aliphatic heterocycles. The number of aromatic nitrogens is 2. The van der Waals surface area contributed by atoms with Crippen LogP contribution in [0.5, 0.6) is 0 Å². The molecule has 7 nitrogen and oxygen atoms in total. The molecule has 2 aromatic rings. The molecule has 0 radical (unpaired) electrons. The molecule has 4 rings (SSSR count). The SMILES string of the molecule is CC(=O)N1CCN(c2cc(C(=O)N3c4ccccc4CC3C)nc(C)n2)CC1. The van der Waals surface area contributed by atoms with Crippen LogP contribution in [-0.4, -0.2) is 58.9 Å². The van der Waals surface area contributed by atoms with E-state index < -0.39 is 0 Å². The lowest BCUT2D eigenvalue weighted by Crippen LogP contribution is -2.48. The van der Waals surface area contributed by atoms with Crippen LogP contribution in [0.4, 0.5) is 11.5 Å². The summed E-state index contributed by atoms with van der Waals surface area (Å²) in [7, 11) is 0. The molecule has 1 aromatic heterocycles. The quantitative estimate of drug-likeness (QED) is 0.799. The zero-order valence-corrected chi connectivity index (χ0v) is 16.6. The fourth-order valence-corrected chi connectivity index (χ4v) is 4.07. The van der Waals surface area contributed by atoms with Gasteiger partial charge in [-0.1, -0.05) is 18.2 Å². The molecule has 2 aliphatic rings. The Morgan fingerprint density at radius 2 is 1.79 bits per heavy atom. The van der Waals surface area contributed by atoms with Crippen molar-refractivity contribution in [1.29, 1.82) is 0 Å². The van der Waals surface area contributed by atoms with Crippen molar-refractivity contribution >= 4 is 23.3 Å². The fraction of sp³-hybridized carbons (Fsp3) is 0.429. The molecular weight excluding hydrogens is 354 g/mol. The van der Waals surface area contributed by atoms with Gasteiger partial charge in [0.2, 0.25) is 5.91 Å². The molecule has 0 aliphatic carbocycles. The molecule has 0 N–H and O–H groups in total. The summed E-state index contributed by atoms with van der Waals surface area (Å²) in [4.78, 5) is 39.6. The van der Waals surface area contributed by atoms with Crippen molar-refractivity contribution in [3.8, 4) is 0 Å². The van der Waals surface area contributed by atoms with Crippen LogP contribution in [0, 0.1) is 6.92 Å². The van der Waals surface area contributed by atoms with E-state index in [0.717, 1.165) is 17.9 Å². The van der Waals surface area contributed by atoms with E-state index >= 15 is 0 Å². The van der Waals surface area contributed by atoms with E-state index in [1.807, 2.05) is 34.9 Å². The molecule has 2 amide bonds. The predicted molar refractivity (Wildman–Crippen MR) is 108 cm³/mol. The van der Waals surface area contributed by atoms with E-state index in [4.69, 9.17) is 0 Å². The lowest BCUT2D eigenvalue weighted by molar-refractivity contribution is -0.129. The van der Waals surface area contributed by atoms with Gasteiger partial charge in [-0.25, -0.2) is 9.97 Å². The Balaban J connectivity index is 1.59. The molecule has 3 heterocycles. The summed E-state index contributed by atoms with van der Waals surface area (Å²) >= 11 is 0. The molecule has 1 atom stereocenters. The molecule has 7 heteroatoms. The number of benzene rings is 1. The average Bonchev–Trinajstić information content (AvgIpc) is 3.02. The lowest BCUT2D eigenvalue weighted by atomic mass is 10.1. The van der Waals surface area contributed by atoms with Crippen LogP contribution in [0.15, 0.2) is 30.3 Å². The first-order chi connectivity index (χ1) is 13.4. The van der Waals surface area contributed by atoms with Gasteiger partial charge in [0.25, 0.3) is 5.91 Å². The minimum absolute atomic E-state index is 0.0911. The molecule has 0 spiro atoms. The number of anilines is 2. The summed E-state index contributed by atoms with van der Waals surface area (Å²) in [5.74, 6) is 1.33. The van der Waals surface area contributed by atoms with Gasteiger partial charge in [0.1, 0.15) is 17.3 Å². The third-order valence-electron chi connectivity index (χ3n) is 5.52. The highest BCUT2D eigenvalue weighted by Crippen LogP contribution is 2.33. The zero-order valence-electron chi connectivity index (χ0n) is 16.6. The number of piperazine rings is 1. The van der Waals surface area contributed by atoms with Crippen molar-refractivity contribution in [2.24, 2.45) is 0 Å². The minimum Gasteiger partial charge on any atom is -0.353 e. The molecule has 146 valence electrons. The molecule has 0 bridgehead atoms. The molecule has 1 unspecified atom stereocenters.